The minimum absolute atomic E-state index is 0.198. The molecule has 0 bridgehead atoms. The number of methoxy groups -OCH3 is 1. The van der Waals surface area contributed by atoms with Crippen LogP contribution in [0.2, 0.25) is 19.6 Å². The molecule has 0 unspecified atom stereocenters. The van der Waals surface area contributed by atoms with Crippen LogP contribution in [0.4, 0.5) is 0 Å². The highest BCUT2D eigenvalue weighted by Gasteiger charge is 2.18. The minimum Gasteiger partial charge on any atom is -0.544 e. The molecule has 1 aromatic rings. The molecule has 104 valence electrons. The number of carbonyl (C=O) groups excluding carboxylic acids is 1. The summed E-state index contributed by atoms with van der Waals surface area (Å²) >= 11 is 0. The van der Waals surface area contributed by atoms with Crippen molar-refractivity contribution in [2.45, 2.75) is 32.5 Å². The van der Waals surface area contributed by atoms with Crippen LogP contribution in [0.15, 0.2) is 36.4 Å². The van der Waals surface area contributed by atoms with Crippen molar-refractivity contribution in [1.82, 2.24) is 0 Å². The summed E-state index contributed by atoms with van der Waals surface area (Å²) < 4.78 is 10.7. The normalized spacial score (nSPS) is 12.1. The molecule has 0 heterocycles. The maximum absolute atomic E-state index is 11.1. The van der Waals surface area contributed by atoms with Crippen LogP contribution in [0, 0.1) is 0 Å². The van der Waals surface area contributed by atoms with Gasteiger partial charge < -0.3 is 9.16 Å². The van der Waals surface area contributed by atoms with Gasteiger partial charge in [0.05, 0.1) is 7.11 Å². The second kappa shape index (κ2) is 7.14. The molecule has 0 amide bonds. The molecule has 3 nitrogen and oxygen atoms in total. The molecule has 0 saturated heterocycles. The number of hydrogen-bond acceptors (Lipinski definition) is 3. The number of hydrogen-bond donors (Lipinski definition) is 0. The lowest BCUT2D eigenvalue weighted by Crippen LogP contribution is -2.24. The summed E-state index contributed by atoms with van der Waals surface area (Å²) in [6.07, 6.45) is 2.98. The first kappa shape index (κ1) is 15.5. The van der Waals surface area contributed by atoms with E-state index in [9.17, 15) is 4.79 Å². The molecule has 19 heavy (non-hydrogen) atoms. The Hall–Kier alpha value is -1.55. The Morgan fingerprint density at radius 3 is 2.37 bits per heavy atom. The van der Waals surface area contributed by atoms with Crippen LogP contribution in [0.5, 0.6) is 0 Å². The van der Waals surface area contributed by atoms with Crippen LogP contribution in [0.3, 0.4) is 0 Å². The topological polar surface area (TPSA) is 35.5 Å². The Morgan fingerprint density at radius 2 is 1.84 bits per heavy atom. The molecule has 0 fully saturated rings. The molecule has 0 N–H and O–H groups in total. The van der Waals surface area contributed by atoms with Crippen LogP contribution in [0.25, 0.3) is 5.76 Å². The smallest absolute Gasteiger partial charge is 0.305 e. The van der Waals surface area contributed by atoms with Crippen molar-refractivity contribution in [3.63, 3.8) is 0 Å². The van der Waals surface area contributed by atoms with Crippen molar-refractivity contribution in [2.24, 2.45) is 0 Å². The van der Waals surface area contributed by atoms with Crippen LogP contribution >= 0.6 is 0 Å². The van der Waals surface area contributed by atoms with E-state index in [1.54, 1.807) is 0 Å². The number of ether oxygens (including phenoxy) is 1. The SMILES string of the molecule is COC(=O)CC/C=C(\O[Si](C)(C)C)c1ccccc1. The van der Waals surface area contributed by atoms with Gasteiger partial charge in [0.25, 0.3) is 0 Å². The van der Waals surface area contributed by atoms with Crippen molar-refractivity contribution in [2.75, 3.05) is 7.11 Å². The number of rotatable bonds is 6. The fourth-order valence-electron chi connectivity index (χ4n) is 1.57. The van der Waals surface area contributed by atoms with Crippen LogP contribution < -0.4 is 0 Å². The van der Waals surface area contributed by atoms with Crippen molar-refractivity contribution in [1.29, 1.82) is 0 Å². The first-order chi connectivity index (χ1) is 8.92. The molecule has 4 heteroatoms. The van der Waals surface area contributed by atoms with Gasteiger partial charge in [-0.05, 0) is 32.1 Å². The molecule has 1 rings (SSSR count). The van der Waals surface area contributed by atoms with E-state index in [0.29, 0.717) is 12.8 Å². The van der Waals surface area contributed by atoms with Crippen molar-refractivity contribution in [3.05, 3.63) is 42.0 Å². The Balaban J connectivity index is 2.81. The summed E-state index contributed by atoms with van der Waals surface area (Å²) in [6.45, 7) is 6.43. The van der Waals surface area contributed by atoms with Gasteiger partial charge in [0, 0.05) is 12.0 Å². The van der Waals surface area contributed by atoms with Gasteiger partial charge in [-0.3, -0.25) is 4.79 Å². The van der Waals surface area contributed by atoms with Gasteiger partial charge in [0.15, 0.2) is 0 Å². The van der Waals surface area contributed by atoms with E-state index in [1.807, 2.05) is 36.4 Å². The first-order valence-electron chi connectivity index (χ1n) is 6.44. The van der Waals surface area contributed by atoms with Gasteiger partial charge in [-0.1, -0.05) is 30.3 Å². The van der Waals surface area contributed by atoms with Crippen LogP contribution in [0.1, 0.15) is 18.4 Å². The zero-order valence-corrected chi connectivity index (χ0v) is 13.1. The zero-order valence-electron chi connectivity index (χ0n) is 12.1. The van der Waals surface area contributed by atoms with E-state index in [2.05, 4.69) is 24.4 Å². The van der Waals surface area contributed by atoms with E-state index in [0.717, 1.165) is 11.3 Å². The Morgan fingerprint density at radius 1 is 1.21 bits per heavy atom. The summed E-state index contributed by atoms with van der Waals surface area (Å²) in [5, 5.41) is 0. The zero-order chi connectivity index (χ0) is 14.3. The number of carbonyl (C=O) groups is 1. The van der Waals surface area contributed by atoms with Crippen LogP contribution in [-0.4, -0.2) is 21.4 Å². The molecule has 0 radical (unpaired) electrons. The molecule has 0 aliphatic rings. The Kier molecular flexibility index (Phi) is 5.82. The van der Waals surface area contributed by atoms with Crippen LogP contribution in [-0.2, 0) is 14.0 Å². The number of esters is 1. The van der Waals surface area contributed by atoms with E-state index in [1.165, 1.54) is 7.11 Å². The lowest BCUT2D eigenvalue weighted by molar-refractivity contribution is -0.140. The van der Waals surface area contributed by atoms with E-state index >= 15 is 0 Å². The molecule has 0 saturated carbocycles. The number of allylic oxidation sites excluding steroid dienone is 1. The first-order valence-corrected chi connectivity index (χ1v) is 9.84. The van der Waals surface area contributed by atoms with E-state index in [4.69, 9.17) is 4.43 Å². The van der Waals surface area contributed by atoms with Gasteiger partial charge in [-0.25, -0.2) is 0 Å². The lowest BCUT2D eigenvalue weighted by atomic mass is 10.1. The standard InChI is InChI=1S/C15H22O3Si/c1-17-15(16)12-8-11-14(18-19(2,3)4)13-9-6-5-7-10-13/h5-7,9-11H,8,12H2,1-4H3/b14-11-. The molecular weight excluding hydrogens is 256 g/mol. The van der Waals surface area contributed by atoms with Crippen molar-refractivity contribution >= 4 is 20.0 Å². The quantitative estimate of drug-likeness (QED) is 0.450. The summed E-state index contributed by atoms with van der Waals surface area (Å²) in [5.41, 5.74) is 1.05. The van der Waals surface area contributed by atoms with Gasteiger partial charge in [-0.15, -0.1) is 0 Å². The second-order valence-electron chi connectivity index (χ2n) is 5.26. The highest BCUT2D eigenvalue weighted by molar-refractivity contribution is 6.70. The van der Waals surface area contributed by atoms with Crippen molar-refractivity contribution in [3.8, 4) is 0 Å². The van der Waals surface area contributed by atoms with E-state index in [-0.39, 0.29) is 5.97 Å². The van der Waals surface area contributed by atoms with Gasteiger partial charge in [-0.2, -0.15) is 0 Å². The monoisotopic (exact) mass is 278 g/mol. The Labute approximate surface area is 116 Å². The molecular formula is C15H22O3Si. The molecule has 0 aliphatic heterocycles. The third-order valence-electron chi connectivity index (χ3n) is 2.38. The average molecular weight is 278 g/mol. The van der Waals surface area contributed by atoms with Crippen molar-refractivity contribution < 1.29 is 14.0 Å². The predicted molar refractivity (Wildman–Crippen MR) is 80.1 cm³/mol. The van der Waals surface area contributed by atoms with E-state index < -0.39 is 8.32 Å². The fourth-order valence-corrected chi connectivity index (χ4v) is 2.43. The minimum atomic E-state index is -1.67. The third-order valence-corrected chi connectivity index (χ3v) is 3.21. The Bertz CT molecular complexity index is 432. The maximum Gasteiger partial charge on any atom is 0.305 e. The highest BCUT2D eigenvalue weighted by Crippen LogP contribution is 2.21. The summed E-state index contributed by atoms with van der Waals surface area (Å²) in [6, 6.07) is 9.98. The second-order valence-corrected chi connectivity index (χ2v) is 9.69. The maximum atomic E-state index is 11.1. The third kappa shape index (κ3) is 6.24. The molecule has 0 aromatic heterocycles. The fraction of sp³-hybridized carbons (Fsp3) is 0.400. The summed E-state index contributed by atoms with van der Waals surface area (Å²) in [7, 11) is -0.268. The summed E-state index contributed by atoms with van der Waals surface area (Å²) in [4.78, 5) is 11.1. The summed E-state index contributed by atoms with van der Waals surface area (Å²) in [5.74, 6) is 0.667. The number of benzene rings is 1. The van der Waals surface area contributed by atoms with Gasteiger partial charge in [0.2, 0.25) is 8.32 Å². The van der Waals surface area contributed by atoms with Gasteiger partial charge >= 0.3 is 5.97 Å². The molecule has 0 spiro atoms. The molecule has 0 aliphatic carbocycles. The average Bonchev–Trinajstić information content (AvgIpc) is 2.37. The molecule has 0 atom stereocenters. The van der Waals surface area contributed by atoms with Gasteiger partial charge in [0.1, 0.15) is 5.76 Å². The largest absolute Gasteiger partial charge is 0.544 e. The predicted octanol–water partition coefficient (Wildman–Crippen LogP) is 3.83. The highest BCUT2D eigenvalue weighted by atomic mass is 28.4. The lowest BCUT2D eigenvalue weighted by Gasteiger charge is -2.22. The molecule has 1 aromatic carbocycles.